The van der Waals surface area contributed by atoms with Crippen molar-refractivity contribution in [2.45, 2.75) is 25.1 Å². The molecular formula is C13H14F5NO. The monoisotopic (exact) mass is 295 g/mol. The fourth-order valence-corrected chi connectivity index (χ4v) is 2.37. The van der Waals surface area contributed by atoms with Crippen molar-refractivity contribution in [1.82, 2.24) is 0 Å². The Morgan fingerprint density at radius 3 is 2.40 bits per heavy atom. The largest absolute Gasteiger partial charge is 0.417 e. The third-order valence-corrected chi connectivity index (χ3v) is 3.83. The molecule has 0 amide bonds. The molecule has 20 heavy (non-hydrogen) atoms. The maximum Gasteiger partial charge on any atom is 0.417 e. The highest BCUT2D eigenvalue weighted by atomic mass is 19.4. The minimum absolute atomic E-state index is 0.0580. The Hall–Kier alpha value is -1.37. The van der Waals surface area contributed by atoms with Gasteiger partial charge in [0, 0.05) is 30.8 Å². The quantitative estimate of drug-likeness (QED) is 0.848. The standard InChI is InChI=1S/C13H14F5NO/c1-12(20,13(16,17)18)8-4-5-19(7-8)9-2-3-10(14)11(15)6-9/h2-3,6,8,20H,4-5,7H2,1H3. The van der Waals surface area contributed by atoms with Gasteiger partial charge in [-0.2, -0.15) is 13.2 Å². The van der Waals surface area contributed by atoms with Crippen LogP contribution in [0.3, 0.4) is 0 Å². The molecule has 7 heteroatoms. The van der Waals surface area contributed by atoms with Gasteiger partial charge in [-0.15, -0.1) is 0 Å². The van der Waals surface area contributed by atoms with Crippen LogP contribution in [-0.2, 0) is 0 Å². The van der Waals surface area contributed by atoms with Gasteiger partial charge >= 0.3 is 6.18 Å². The Kier molecular flexibility index (Phi) is 3.66. The first-order valence-corrected chi connectivity index (χ1v) is 6.12. The molecule has 1 saturated heterocycles. The fraction of sp³-hybridized carbons (Fsp3) is 0.538. The topological polar surface area (TPSA) is 23.5 Å². The van der Waals surface area contributed by atoms with Crippen LogP contribution >= 0.6 is 0 Å². The normalized spacial score (nSPS) is 22.9. The Balaban J connectivity index is 2.15. The van der Waals surface area contributed by atoms with Gasteiger partial charge in [0.25, 0.3) is 0 Å². The van der Waals surface area contributed by atoms with Gasteiger partial charge in [-0.25, -0.2) is 8.78 Å². The van der Waals surface area contributed by atoms with E-state index in [2.05, 4.69) is 0 Å². The van der Waals surface area contributed by atoms with E-state index in [0.717, 1.165) is 19.1 Å². The summed E-state index contributed by atoms with van der Waals surface area (Å²) in [4.78, 5) is 1.51. The van der Waals surface area contributed by atoms with Gasteiger partial charge < -0.3 is 10.0 Å². The maximum atomic E-state index is 13.1. The van der Waals surface area contributed by atoms with Crippen LogP contribution in [0.15, 0.2) is 18.2 Å². The zero-order valence-corrected chi connectivity index (χ0v) is 10.7. The number of nitrogens with zero attached hydrogens (tertiary/aromatic N) is 1. The van der Waals surface area contributed by atoms with Crippen molar-refractivity contribution >= 4 is 5.69 Å². The summed E-state index contributed by atoms with van der Waals surface area (Å²) in [5.74, 6) is -3.06. The maximum absolute atomic E-state index is 13.1. The van der Waals surface area contributed by atoms with Crippen molar-refractivity contribution in [2.75, 3.05) is 18.0 Å². The second-order valence-corrected chi connectivity index (χ2v) is 5.18. The SMILES string of the molecule is CC(O)(C1CCN(c2ccc(F)c(F)c2)C1)C(F)(F)F. The van der Waals surface area contributed by atoms with Crippen LogP contribution in [0.25, 0.3) is 0 Å². The van der Waals surface area contributed by atoms with Gasteiger partial charge in [-0.1, -0.05) is 0 Å². The highest BCUT2D eigenvalue weighted by Crippen LogP contribution is 2.41. The van der Waals surface area contributed by atoms with E-state index in [-0.39, 0.29) is 19.5 Å². The van der Waals surface area contributed by atoms with Crippen LogP contribution in [0.4, 0.5) is 27.6 Å². The van der Waals surface area contributed by atoms with E-state index in [9.17, 15) is 27.1 Å². The summed E-state index contributed by atoms with van der Waals surface area (Å²) in [5, 5.41) is 9.63. The van der Waals surface area contributed by atoms with E-state index in [1.165, 1.54) is 11.0 Å². The predicted octanol–water partition coefficient (Wildman–Crippen LogP) is 3.10. The zero-order valence-electron chi connectivity index (χ0n) is 10.7. The number of hydrogen-bond donors (Lipinski definition) is 1. The summed E-state index contributed by atoms with van der Waals surface area (Å²) >= 11 is 0. The van der Waals surface area contributed by atoms with Crippen LogP contribution in [0.5, 0.6) is 0 Å². The molecule has 0 aliphatic carbocycles. The number of hydrogen-bond acceptors (Lipinski definition) is 2. The average molecular weight is 295 g/mol. The van der Waals surface area contributed by atoms with Crippen molar-refractivity contribution < 1.29 is 27.1 Å². The molecule has 1 aliphatic heterocycles. The molecule has 112 valence electrons. The van der Waals surface area contributed by atoms with Gasteiger partial charge in [-0.05, 0) is 25.5 Å². The van der Waals surface area contributed by atoms with Gasteiger partial charge in [0.1, 0.15) is 0 Å². The second-order valence-electron chi connectivity index (χ2n) is 5.18. The third kappa shape index (κ3) is 2.59. The molecule has 0 radical (unpaired) electrons. The van der Waals surface area contributed by atoms with Gasteiger partial charge in [0.05, 0.1) is 0 Å². The first kappa shape index (κ1) is 15.0. The lowest BCUT2D eigenvalue weighted by atomic mass is 9.88. The minimum Gasteiger partial charge on any atom is -0.380 e. The van der Waals surface area contributed by atoms with Crippen molar-refractivity contribution in [3.8, 4) is 0 Å². The number of halogens is 5. The third-order valence-electron chi connectivity index (χ3n) is 3.83. The summed E-state index contributed by atoms with van der Waals surface area (Å²) in [6.07, 6.45) is -4.59. The first-order valence-electron chi connectivity index (χ1n) is 6.12. The van der Waals surface area contributed by atoms with Crippen LogP contribution in [-0.4, -0.2) is 30.0 Å². The molecule has 0 saturated carbocycles. The second kappa shape index (κ2) is 4.87. The molecule has 1 heterocycles. The molecule has 1 N–H and O–H groups in total. The van der Waals surface area contributed by atoms with E-state index in [1.807, 2.05) is 0 Å². The fourth-order valence-electron chi connectivity index (χ4n) is 2.37. The molecule has 2 atom stereocenters. The van der Waals surface area contributed by atoms with Crippen molar-refractivity contribution in [1.29, 1.82) is 0 Å². The van der Waals surface area contributed by atoms with E-state index in [0.29, 0.717) is 5.69 Å². The molecule has 2 nitrogen and oxygen atoms in total. The predicted molar refractivity (Wildman–Crippen MR) is 63.4 cm³/mol. The summed E-state index contributed by atoms with van der Waals surface area (Å²) < 4.78 is 64.2. The smallest absolute Gasteiger partial charge is 0.380 e. The van der Waals surface area contributed by atoms with E-state index in [4.69, 9.17) is 0 Å². The molecule has 1 aromatic carbocycles. The van der Waals surface area contributed by atoms with Crippen molar-refractivity contribution in [2.24, 2.45) is 5.92 Å². The lowest BCUT2D eigenvalue weighted by molar-refractivity contribution is -0.269. The number of alkyl halides is 3. The van der Waals surface area contributed by atoms with Gasteiger partial charge in [0.15, 0.2) is 17.2 Å². The van der Waals surface area contributed by atoms with Crippen LogP contribution < -0.4 is 4.90 Å². The van der Waals surface area contributed by atoms with Gasteiger partial charge in [-0.3, -0.25) is 0 Å². The van der Waals surface area contributed by atoms with Crippen molar-refractivity contribution in [3.63, 3.8) is 0 Å². The molecule has 0 aromatic heterocycles. The molecular weight excluding hydrogens is 281 g/mol. The summed E-state index contributed by atoms with van der Waals surface area (Å²) in [6, 6.07) is 3.18. The minimum atomic E-state index is -4.72. The number of benzene rings is 1. The first-order chi connectivity index (χ1) is 9.13. The molecule has 2 unspecified atom stereocenters. The van der Waals surface area contributed by atoms with Crippen molar-refractivity contribution in [3.05, 3.63) is 29.8 Å². The molecule has 0 spiro atoms. The van der Waals surface area contributed by atoms with E-state index >= 15 is 0 Å². The molecule has 1 fully saturated rings. The average Bonchev–Trinajstić information content (AvgIpc) is 2.81. The highest BCUT2D eigenvalue weighted by molar-refractivity contribution is 5.48. The number of rotatable bonds is 2. The van der Waals surface area contributed by atoms with E-state index in [1.54, 1.807) is 0 Å². The van der Waals surface area contributed by atoms with Crippen LogP contribution in [0, 0.1) is 17.6 Å². The molecule has 0 bridgehead atoms. The highest BCUT2D eigenvalue weighted by Gasteiger charge is 2.56. The lowest BCUT2D eigenvalue weighted by Gasteiger charge is -2.32. The Bertz CT molecular complexity index is 500. The Labute approximate surface area is 112 Å². The lowest BCUT2D eigenvalue weighted by Crippen LogP contribution is -2.49. The molecule has 1 aliphatic rings. The zero-order chi connectivity index (χ0) is 15.1. The summed E-state index contributed by atoms with van der Waals surface area (Å²) in [6.45, 7) is 0.936. The Morgan fingerprint density at radius 2 is 1.85 bits per heavy atom. The molecule has 2 rings (SSSR count). The summed E-state index contributed by atoms with van der Waals surface area (Å²) in [7, 11) is 0. The van der Waals surface area contributed by atoms with Crippen LogP contribution in [0.2, 0.25) is 0 Å². The Morgan fingerprint density at radius 1 is 1.20 bits per heavy atom. The summed E-state index contributed by atoms with van der Waals surface area (Å²) in [5.41, 5.74) is -2.48. The van der Waals surface area contributed by atoms with Crippen LogP contribution in [0.1, 0.15) is 13.3 Å². The number of anilines is 1. The molecule has 1 aromatic rings. The van der Waals surface area contributed by atoms with Gasteiger partial charge in [0.2, 0.25) is 0 Å². The van der Waals surface area contributed by atoms with E-state index < -0.39 is 29.3 Å². The number of aliphatic hydroxyl groups is 1.